The summed E-state index contributed by atoms with van der Waals surface area (Å²) in [6.07, 6.45) is 0. The third-order valence-electron chi connectivity index (χ3n) is 1.28. The summed E-state index contributed by atoms with van der Waals surface area (Å²) in [7, 11) is 0. The van der Waals surface area contributed by atoms with Crippen LogP contribution in [0.5, 0.6) is 0 Å². The second kappa shape index (κ2) is 4.80. The molecule has 0 aliphatic rings. The molecule has 62 valence electrons. The van der Waals surface area contributed by atoms with Crippen molar-refractivity contribution in [1.82, 2.24) is 0 Å². The number of rotatable bonds is 0. The highest BCUT2D eigenvalue weighted by molar-refractivity contribution is 5.93. The standard InChI is InChI=1S/C12H8O/c1-11(13)7-5-6-10-12-8-3-2-4-9-12/h2-4,8-9H,1H3. The molecule has 0 saturated heterocycles. The lowest BCUT2D eigenvalue weighted by Gasteiger charge is -1.83. The predicted molar refractivity (Wildman–Crippen MR) is 51.8 cm³/mol. The maximum absolute atomic E-state index is 10.4. The van der Waals surface area contributed by atoms with Crippen LogP contribution >= 0.6 is 0 Å². The normalized spacial score (nSPS) is 7.46. The van der Waals surface area contributed by atoms with E-state index in [4.69, 9.17) is 0 Å². The molecule has 0 aliphatic carbocycles. The Bertz CT molecular complexity index is 407. The number of carbonyl (C=O) groups excluding carboxylic acids is 1. The smallest absolute Gasteiger partial charge is 0.203 e. The Morgan fingerprint density at radius 3 is 2.46 bits per heavy atom. The second-order valence-electron chi connectivity index (χ2n) is 2.42. The van der Waals surface area contributed by atoms with Crippen molar-refractivity contribution in [3.63, 3.8) is 0 Å². The minimum Gasteiger partial charge on any atom is -0.285 e. The average molecular weight is 168 g/mol. The molecule has 0 unspecified atom stereocenters. The molecule has 0 atom stereocenters. The van der Waals surface area contributed by atoms with E-state index in [1.165, 1.54) is 6.92 Å². The van der Waals surface area contributed by atoms with Crippen LogP contribution in [0.4, 0.5) is 0 Å². The van der Waals surface area contributed by atoms with Crippen LogP contribution in [0.1, 0.15) is 12.5 Å². The zero-order valence-corrected chi connectivity index (χ0v) is 7.29. The average Bonchev–Trinajstić information content (AvgIpc) is 2.14. The van der Waals surface area contributed by atoms with Gasteiger partial charge in [0.2, 0.25) is 5.78 Å². The fraction of sp³-hybridized carbons (Fsp3) is 0.0833. The van der Waals surface area contributed by atoms with Crippen molar-refractivity contribution in [2.24, 2.45) is 0 Å². The Labute approximate surface area is 77.8 Å². The Hall–Kier alpha value is -1.99. The van der Waals surface area contributed by atoms with Crippen molar-refractivity contribution in [2.45, 2.75) is 6.92 Å². The van der Waals surface area contributed by atoms with Crippen LogP contribution in [0.15, 0.2) is 30.3 Å². The number of carbonyl (C=O) groups is 1. The monoisotopic (exact) mass is 168 g/mol. The lowest BCUT2D eigenvalue weighted by atomic mass is 10.2. The van der Waals surface area contributed by atoms with Gasteiger partial charge in [-0.15, -0.1) is 0 Å². The summed E-state index contributed by atoms with van der Waals surface area (Å²) >= 11 is 0. The first kappa shape index (κ1) is 9.10. The number of hydrogen-bond donors (Lipinski definition) is 0. The van der Waals surface area contributed by atoms with Gasteiger partial charge in [-0.2, -0.15) is 0 Å². The van der Waals surface area contributed by atoms with Crippen LogP contribution in [-0.4, -0.2) is 5.78 Å². The maximum Gasteiger partial charge on any atom is 0.203 e. The van der Waals surface area contributed by atoms with E-state index in [9.17, 15) is 4.79 Å². The lowest BCUT2D eigenvalue weighted by molar-refractivity contribution is -0.111. The summed E-state index contributed by atoms with van der Waals surface area (Å²) < 4.78 is 0. The van der Waals surface area contributed by atoms with Crippen LogP contribution in [0, 0.1) is 23.7 Å². The van der Waals surface area contributed by atoms with Crippen LogP contribution in [0.3, 0.4) is 0 Å². The number of hydrogen-bond acceptors (Lipinski definition) is 1. The molecule has 1 heteroatoms. The second-order valence-corrected chi connectivity index (χ2v) is 2.42. The van der Waals surface area contributed by atoms with Gasteiger partial charge in [-0.1, -0.05) is 24.1 Å². The molecule has 0 aromatic heterocycles. The lowest BCUT2D eigenvalue weighted by Crippen LogP contribution is -1.78. The van der Waals surface area contributed by atoms with Crippen molar-refractivity contribution in [3.8, 4) is 23.7 Å². The van der Waals surface area contributed by atoms with Gasteiger partial charge in [0.15, 0.2) is 0 Å². The van der Waals surface area contributed by atoms with E-state index in [0.717, 1.165) is 5.56 Å². The first-order valence-electron chi connectivity index (χ1n) is 3.86. The molecule has 0 fully saturated rings. The zero-order valence-electron chi connectivity index (χ0n) is 7.29. The van der Waals surface area contributed by atoms with Gasteiger partial charge in [-0.25, -0.2) is 0 Å². The number of ketones is 1. The molecule has 0 saturated carbocycles. The van der Waals surface area contributed by atoms with E-state index in [1.807, 2.05) is 30.3 Å². The van der Waals surface area contributed by atoms with Crippen molar-refractivity contribution in [3.05, 3.63) is 35.9 Å². The zero-order chi connectivity index (χ0) is 9.52. The van der Waals surface area contributed by atoms with Gasteiger partial charge in [0, 0.05) is 12.5 Å². The van der Waals surface area contributed by atoms with Crippen LogP contribution < -0.4 is 0 Å². The van der Waals surface area contributed by atoms with Gasteiger partial charge in [-0.05, 0) is 29.9 Å². The first-order chi connectivity index (χ1) is 6.29. The summed E-state index contributed by atoms with van der Waals surface area (Å²) in [5.41, 5.74) is 0.903. The number of Topliss-reactive ketones (excluding diaryl/α,β-unsaturated/α-hetero) is 1. The van der Waals surface area contributed by atoms with Gasteiger partial charge in [0.25, 0.3) is 0 Å². The topological polar surface area (TPSA) is 17.1 Å². The van der Waals surface area contributed by atoms with Gasteiger partial charge < -0.3 is 0 Å². The van der Waals surface area contributed by atoms with Gasteiger partial charge in [0.05, 0.1) is 0 Å². The van der Waals surface area contributed by atoms with E-state index < -0.39 is 0 Å². The molecular formula is C12H8O. The SMILES string of the molecule is CC(=O)C#CC#Cc1ccccc1. The highest BCUT2D eigenvalue weighted by atomic mass is 16.1. The van der Waals surface area contributed by atoms with Crippen molar-refractivity contribution in [2.75, 3.05) is 0 Å². The number of benzene rings is 1. The van der Waals surface area contributed by atoms with Gasteiger partial charge in [0.1, 0.15) is 0 Å². The van der Waals surface area contributed by atoms with Crippen molar-refractivity contribution < 1.29 is 4.79 Å². The minimum atomic E-state index is -0.164. The quantitative estimate of drug-likeness (QED) is 0.425. The largest absolute Gasteiger partial charge is 0.285 e. The predicted octanol–water partition coefficient (Wildman–Crippen LogP) is 1.63. The highest BCUT2D eigenvalue weighted by Crippen LogP contribution is 1.93. The molecule has 1 aromatic rings. The van der Waals surface area contributed by atoms with E-state index in [2.05, 4.69) is 23.7 Å². The molecule has 0 spiro atoms. The molecule has 0 heterocycles. The third kappa shape index (κ3) is 3.79. The molecule has 0 radical (unpaired) electrons. The molecule has 1 aromatic carbocycles. The van der Waals surface area contributed by atoms with Crippen molar-refractivity contribution in [1.29, 1.82) is 0 Å². The third-order valence-corrected chi connectivity index (χ3v) is 1.28. The van der Waals surface area contributed by atoms with Crippen molar-refractivity contribution >= 4 is 5.78 Å². The highest BCUT2D eigenvalue weighted by Gasteiger charge is 1.79. The molecule has 0 N–H and O–H groups in total. The minimum absolute atomic E-state index is 0.164. The molecule has 13 heavy (non-hydrogen) atoms. The van der Waals surface area contributed by atoms with Crippen LogP contribution in [0.2, 0.25) is 0 Å². The van der Waals surface area contributed by atoms with Crippen LogP contribution in [0.25, 0.3) is 0 Å². The summed E-state index contributed by atoms with van der Waals surface area (Å²) in [5.74, 6) is 10.1. The summed E-state index contributed by atoms with van der Waals surface area (Å²) in [6.45, 7) is 1.41. The molecule has 0 bridgehead atoms. The molecule has 1 nitrogen and oxygen atoms in total. The molecular weight excluding hydrogens is 160 g/mol. The first-order valence-corrected chi connectivity index (χ1v) is 3.86. The van der Waals surface area contributed by atoms with E-state index in [0.29, 0.717) is 0 Å². The summed E-state index contributed by atoms with van der Waals surface area (Å²) in [6, 6.07) is 9.52. The fourth-order valence-electron chi connectivity index (χ4n) is 0.744. The Kier molecular flexibility index (Phi) is 3.36. The molecule has 0 amide bonds. The molecule has 0 aliphatic heterocycles. The van der Waals surface area contributed by atoms with Gasteiger partial charge in [-0.3, -0.25) is 4.79 Å². The van der Waals surface area contributed by atoms with E-state index in [-0.39, 0.29) is 5.78 Å². The van der Waals surface area contributed by atoms with E-state index >= 15 is 0 Å². The maximum atomic E-state index is 10.4. The van der Waals surface area contributed by atoms with E-state index in [1.54, 1.807) is 0 Å². The molecule has 1 rings (SSSR count). The Balaban J connectivity index is 2.71. The van der Waals surface area contributed by atoms with Gasteiger partial charge >= 0.3 is 0 Å². The van der Waals surface area contributed by atoms with Crippen LogP contribution in [-0.2, 0) is 4.79 Å². The Morgan fingerprint density at radius 2 is 1.85 bits per heavy atom. The summed E-state index contributed by atoms with van der Waals surface area (Å²) in [5, 5.41) is 0. The Morgan fingerprint density at radius 1 is 1.15 bits per heavy atom. The summed E-state index contributed by atoms with van der Waals surface area (Å²) in [4.78, 5) is 10.4. The fourth-order valence-corrected chi connectivity index (χ4v) is 0.744.